The number of carbonyl (C=O) groups is 1. The summed E-state index contributed by atoms with van der Waals surface area (Å²) < 4.78 is 6.49. The van der Waals surface area contributed by atoms with E-state index in [-0.39, 0.29) is 17.2 Å². The van der Waals surface area contributed by atoms with Crippen molar-refractivity contribution in [3.05, 3.63) is 74.3 Å². The number of nitro groups is 1. The molecule has 0 radical (unpaired) electrons. The van der Waals surface area contributed by atoms with Crippen molar-refractivity contribution >= 4 is 28.8 Å². The predicted octanol–water partition coefficient (Wildman–Crippen LogP) is 4.09. The van der Waals surface area contributed by atoms with Crippen LogP contribution in [0.1, 0.15) is 56.3 Å². The molecule has 10 heteroatoms. The van der Waals surface area contributed by atoms with E-state index in [1.165, 1.54) is 36.0 Å². The molecule has 2 aromatic carbocycles. The van der Waals surface area contributed by atoms with Gasteiger partial charge in [-0.3, -0.25) is 14.9 Å². The van der Waals surface area contributed by atoms with Crippen molar-refractivity contribution in [2.75, 3.05) is 0 Å². The molecule has 1 aliphatic rings. The van der Waals surface area contributed by atoms with Crippen LogP contribution >= 0.6 is 0 Å². The molecule has 0 aliphatic heterocycles. The lowest BCUT2D eigenvalue weighted by Crippen LogP contribution is -2.25. The Morgan fingerprint density at radius 3 is 2.71 bits per heavy atom. The number of aromatic nitrogens is 2. The van der Waals surface area contributed by atoms with Crippen LogP contribution in [0.25, 0.3) is 10.9 Å². The molecule has 1 N–H and O–H groups in total. The summed E-state index contributed by atoms with van der Waals surface area (Å²) in [4.78, 5) is 39.9. The lowest BCUT2D eigenvalue weighted by molar-refractivity contribution is -0.386. The molecule has 1 aliphatic carbocycles. The standard InChI is InChI=1S/C24H24N4O6/c1-15(24(30)31)34-21-12-11-16(13-20(21)28(32)33)14-25-27-22(17-7-3-2-4-8-17)26-19-10-6-5-9-18(19)23(27)29/h5-6,9-15,17H,2-4,7-8H2,1H3,(H,30,31)/t15-/m0/s1. The first kappa shape index (κ1) is 23.1. The Hall–Kier alpha value is -4.08. The van der Waals surface area contributed by atoms with Crippen molar-refractivity contribution in [2.24, 2.45) is 5.10 Å². The van der Waals surface area contributed by atoms with Crippen molar-refractivity contribution in [1.82, 2.24) is 9.66 Å². The summed E-state index contributed by atoms with van der Waals surface area (Å²) in [5.74, 6) is -0.710. The summed E-state index contributed by atoms with van der Waals surface area (Å²) in [6.07, 6.45) is 5.20. The number of ether oxygens (including phenoxy) is 1. The number of para-hydroxylation sites is 1. The van der Waals surface area contributed by atoms with Gasteiger partial charge in [-0.05, 0) is 44.0 Å². The Bertz CT molecular complexity index is 1330. The molecule has 176 valence electrons. The average molecular weight is 464 g/mol. The minimum atomic E-state index is -1.25. The molecule has 10 nitrogen and oxygen atoms in total. The van der Waals surface area contributed by atoms with Crippen molar-refractivity contribution < 1.29 is 19.6 Å². The number of hydrogen-bond donors (Lipinski definition) is 1. The molecule has 0 bridgehead atoms. The highest BCUT2D eigenvalue weighted by molar-refractivity contribution is 5.82. The summed E-state index contributed by atoms with van der Waals surface area (Å²) >= 11 is 0. The van der Waals surface area contributed by atoms with Gasteiger partial charge in [-0.1, -0.05) is 31.4 Å². The minimum absolute atomic E-state index is 0.103. The van der Waals surface area contributed by atoms with Gasteiger partial charge in [-0.25, -0.2) is 9.78 Å². The van der Waals surface area contributed by atoms with Gasteiger partial charge in [0, 0.05) is 17.5 Å². The maximum absolute atomic E-state index is 13.3. The maximum Gasteiger partial charge on any atom is 0.344 e. The number of benzene rings is 2. The number of carboxylic acids is 1. The Kier molecular flexibility index (Phi) is 6.67. The largest absolute Gasteiger partial charge is 0.479 e. The average Bonchev–Trinajstić information content (AvgIpc) is 2.84. The van der Waals surface area contributed by atoms with Gasteiger partial charge in [0.2, 0.25) is 0 Å². The number of fused-ring (bicyclic) bond motifs is 1. The quantitative estimate of drug-likeness (QED) is 0.316. The van der Waals surface area contributed by atoms with Crippen LogP contribution in [0.4, 0.5) is 5.69 Å². The van der Waals surface area contributed by atoms with E-state index in [0.717, 1.165) is 32.1 Å². The first-order valence-electron chi connectivity index (χ1n) is 11.1. The normalized spacial score (nSPS) is 15.4. The van der Waals surface area contributed by atoms with Crippen molar-refractivity contribution in [3.8, 4) is 5.75 Å². The van der Waals surface area contributed by atoms with E-state index in [4.69, 9.17) is 14.8 Å². The van der Waals surface area contributed by atoms with Crippen molar-refractivity contribution in [1.29, 1.82) is 0 Å². The van der Waals surface area contributed by atoms with E-state index in [0.29, 0.717) is 22.3 Å². The highest BCUT2D eigenvalue weighted by Gasteiger charge is 2.23. The molecule has 1 heterocycles. The number of rotatable bonds is 7. The third-order valence-electron chi connectivity index (χ3n) is 5.90. The SMILES string of the molecule is C[C@H](Oc1ccc(C=Nn2c(C3CCCCC3)nc3ccccc3c2=O)cc1[N+](=O)[O-])C(=O)O. The highest BCUT2D eigenvalue weighted by Crippen LogP contribution is 2.32. The first-order valence-corrected chi connectivity index (χ1v) is 11.1. The van der Waals surface area contributed by atoms with Crippen LogP contribution in [-0.2, 0) is 4.79 Å². The van der Waals surface area contributed by atoms with Crippen LogP contribution in [0.15, 0.2) is 52.4 Å². The molecule has 34 heavy (non-hydrogen) atoms. The lowest BCUT2D eigenvalue weighted by atomic mass is 9.88. The second-order valence-electron chi connectivity index (χ2n) is 8.27. The summed E-state index contributed by atoms with van der Waals surface area (Å²) in [7, 11) is 0. The monoisotopic (exact) mass is 464 g/mol. The topological polar surface area (TPSA) is 137 Å². The zero-order valence-corrected chi connectivity index (χ0v) is 18.6. The highest BCUT2D eigenvalue weighted by atomic mass is 16.6. The fourth-order valence-corrected chi connectivity index (χ4v) is 4.10. The number of nitro benzene ring substituents is 1. The molecule has 1 atom stereocenters. The summed E-state index contributed by atoms with van der Waals surface area (Å²) in [6, 6.07) is 11.2. The predicted molar refractivity (Wildman–Crippen MR) is 126 cm³/mol. The molecule has 3 aromatic rings. The summed E-state index contributed by atoms with van der Waals surface area (Å²) in [5, 5.41) is 25.4. The Labute approximate surface area is 194 Å². The summed E-state index contributed by atoms with van der Waals surface area (Å²) in [6.45, 7) is 1.29. The maximum atomic E-state index is 13.3. The van der Waals surface area contributed by atoms with E-state index in [9.17, 15) is 19.7 Å². The number of hydrogen-bond acceptors (Lipinski definition) is 7. The molecule has 0 spiro atoms. The van der Waals surface area contributed by atoms with Gasteiger partial charge >= 0.3 is 11.7 Å². The number of aliphatic carboxylic acids is 1. The molecule has 1 fully saturated rings. The van der Waals surface area contributed by atoms with Crippen molar-refractivity contribution in [2.45, 2.75) is 51.0 Å². The molecule has 4 rings (SSSR count). The molecule has 1 aromatic heterocycles. The van der Waals surface area contributed by atoms with Crippen LogP contribution < -0.4 is 10.3 Å². The number of nitrogens with zero attached hydrogens (tertiary/aromatic N) is 4. The van der Waals surface area contributed by atoms with E-state index >= 15 is 0 Å². The smallest absolute Gasteiger partial charge is 0.344 e. The van der Waals surface area contributed by atoms with Crippen molar-refractivity contribution in [3.63, 3.8) is 0 Å². The van der Waals surface area contributed by atoms with Gasteiger partial charge in [0.25, 0.3) is 5.56 Å². The zero-order chi connectivity index (χ0) is 24.2. The Balaban J connectivity index is 1.75. The lowest BCUT2D eigenvalue weighted by Gasteiger charge is -2.22. The van der Waals surface area contributed by atoms with E-state index in [1.807, 2.05) is 6.07 Å². The van der Waals surface area contributed by atoms with Gasteiger partial charge in [-0.15, -0.1) is 0 Å². The fourth-order valence-electron chi connectivity index (χ4n) is 4.10. The van der Waals surface area contributed by atoms with Gasteiger partial charge in [0.15, 0.2) is 11.9 Å². The second-order valence-corrected chi connectivity index (χ2v) is 8.27. The third-order valence-corrected chi connectivity index (χ3v) is 5.90. The molecule has 0 unspecified atom stereocenters. The molecule has 1 saturated carbocycles. The van der Waals surface area contributed by atoms with E-state index < -0.39 is 22.7 Å². The van der Waals surface area contributed by atoms with Crippen LogP contribution in [0.2, 0.25) is 0 Å². The van der Waals surface area contributed by atoms with E-state index in [2.05, 4.69) is 5.10 Å². The Morgan fingerprint density at radius 2 is 2.00 bits per heavy atom. The fraction of sp³-hybridized carbons (Fsp3) is 0.333. The zero-order valence-electron chi connectivity index (χ0n) is 18.6. The van der Waals surface area contributed by atoms with Crippen LogP contribution in [0.3, 0.4) is 0 Å². The molecular formula is C24H24N4O6. The molecule has 0 saturated heterocycles. The van der Waals surface area contributed by atoms with Crippen LogP contribution in [-0.4, -0.2) is 38.0 Å². The van der Waals surface area contributed by atoms with Gasteiger partial charge < -0.3 is 9.84 Å². The summed E-state index contributed by atoms with van der Waals surface area (Å²) in [5.41, 5.74) is 0.279. The van der Waals surface area contributed by atoms with E-state index in [1.54, 1.807) is 18.2 Å². The van der Waals surface area contributed by atoms with Gasteiger partial charge in [0.1, 0.15) is 5.82 Å². The third kappa shape index (κ3) is 4.80. The molecule has 0 amide bonds. The second kappa shape index (κ2) is 9.82. The minimum Gasteiger partial charge on any atom is -0.479 e. The van der Waals surface area contributed by atoms with Crippen LogP contribution in [0, 0.1) is 10.1 Å². The number of carboxylic acid groups (broad SMARTS) is 1. The Morgan fingerprint density at radius 1 is 1.26 bits per heavy atom. The van der Waals surface area contributed by atoms with Gasteiger partial charge in [-0.2, -0.15) is 9.78 Å². The van der Waals surface area contributed by atoms with Crippen LogP contribution in [0.5, 0.6) is 5.75 Å². The first-order chi connectivity index (χ1) is 16.3. The van der Waals surface area contributed by atoms with Gasteiger partial charge in [0.05, 0.1) is 22.0 Å². The molecular weight excluding hydrogens is 440 g/mol.